The summed E-state index contributed by atoms with van der Waals surface area (Å²) in [7, 11) is 0. The summed E-state index contributed by atoms with van der Waals surface area (Å²) in [5.74, 6) is 0.746. The Balaban J connectivity index is 1.88. The molecule has 0 radical (unpaired) electrons. The van der Waals surface area contributed by atoms with E-state index in [1.165, 1.54) is 0 Å². The van der Waals surface area contributed by atoms with Gasteiger partial charge in [0.05, 0.1) is 18.1 Å². The highest BCUT2D eigenvalue weighted by Crippen LogP contribution is 2.83. The molecule has 4 heteroatoms. The Kier molecular flexibility index (Phi) is 4.70. The number of nitrogens with zero attached hydrogens (tertiary/aromatic N) is 1. The van der Waals surface area contributed by atoms with Crippen LogP contribution in [-0.4, -0.2) is 24.3 Å². The van der Waals surface area contributed by atoms with Crippen LogP contribution in [0.25, 0.3) is 0 Å². The zero-order valence-corrected chi connectivity index (χ0v) is 17.8. The highest BCUT2D eigenvalue weighted by molar-refractivity contribution is 5.85. The van der Waals surface area contributed by atoms with Crippen LogP contribution in [0.15, 0.2) is 11.6 Å². The van der Waals surface area contributed by atoms with Gasteiger partial charge < -0.3 is 9.84 Å². The molecule has 4 bridgehead atoms. The number of unbranched alkanes of at least 4 members (excludes halogenated alkanes) is 1. The van der Waals surface area contributed by atoms with Crippen LogP contribution in [0.1, 0.15) is 66.2 Å². The number of carbonyl (C=O) groups is 1. The molecule has 28 heavy (non-hydrogen) atoms. The molecule has 0 aromatic carbocycles. The summed E-state index contributed by atoms with van der Waals surface area (Å²) in [5.41, 5.74) is -1.30. The van der Waals surface area contributed by atoms with Crippen LogP contribution in [0, 0.1) is 57.2 Å². The summed E-state index contributed by atoms with van der Waals surface area (Å²) in [5, 5.41) is 21.4. The van der Waals surface area contributed by atoms with Crippen LogP contribution >= 0.6 is 0 Å². The Morgan fingerprint density at radius 2 is 2.14 bits per heavy atom. The first-order valence-corrected chi connectivity index (χ1v) is 11.3. The normalized spacial score (nSPS) is 45.8. The molecule has 3 fully saturated rings. The molecule has 4 rings (SSSR count). The van der Waals surface area contributed by atoms with Crippen molar-refractivity contribution in [3.8, 4) is 6.07 Å². The summed E-state index contributed by atoms with van der Waals surface area (Å²) in [6.07, 6.45) is 8.04. The minimum atomic E-state index is -1.08. The number of hydrogen-bond donors (Lipinski definition) is 1. The molecule has 1 N–H and O–H groups in total. The molecule has 4 aliphatic rings. The third-order valence-electron chi connectivity index (χ3n) is 9.04. The Hall–Kier alpha value is -1.34. The van der Waals surface area contributed by atoms with Gasteiger partial charge in [0, 0.05) is 12.0 Å². The van der Waals surface area contributed by atoms with Crippen molar-refractivity contribution in [2.24, 2.45) is 45.8 Å². The minimum absolute atomic E-state index is 0.138. The number of hydrogen-bond acceptors (Lipinski definition) is 3. The smallest absolute Gasteiger partial charge is 0.316 e. The molecule has 0 aliphatic heterocycles. The van der Waals surface area contributed by atoms with Gasteiger partial charge in [0.25, 0.3) is 0 Å². The summed E-state index contributed by atoms with van der Waals surface area (Å²) in [6, 6.07) is 2.69. The molecule has 3 saturated carbocycles. The average Bonchev–Trinajstić information content (AvgIpc) is 3.22. The Labute approximate surface area is 169 Å². The summed E-state index contributed by atoms with van der Waals surface area (Å²) >= 11 is 0. The molecular formula is C24H35NO3. The van der Waals surface area contributed by atoms with E-state index in [1.807, 2.05) is 0 Å². The lowest BCUT2D eigenvalue weighted by molar-refractivity contribution is -0.179. The van der Waals surface area contributed by atoms with E-state index >= 15 is 0 Å². The van der Waals surface area contributed by atoms with Gasteiger partial charge in [-0.15, -0.1) is 0 Å². The zero-order chi connectivity index (χ0) is 20.3. The quantitative estimate of drug-likeness (QED) is 0.491. The van der Waals surface area contributed by atoms with E-state index in [9.17, 15) is 15.2 Å². The molecule has 4 aliphatic carbocycles. The van der Waals surface area contributed by atoms with Crippen LogP contribution < -0.4 is 0 Å². The number of ether oxygens (including phenoxy) is 1. The summed E-state index contributed by atoms with van der Waals surface area (Å²) < 4.78 is 6.19. The molecular weight excluding hydrogens is 350 g/mol. The zero-order valence-electron chi connectivity index (χ0n) is 17.8. The maximum atomic E-state index is 13.2. The summed E-state index contributed by atoms with van der Waals surface area (Å²) in [6.45, 7) is 9.80. The molecule has 0 unspecified atom stereocenters. The van der Waals surface area contributed by atoms with Crippen molar-refractivity contribution in [3.63, 3.8) is 0 Å². The lowest BCUT2D eigenvalue weighted by atomic mass is 9.43. The number of aliphatic carboxylic acids is 1. The van der Waals surface area contributed by atoms with Crippen molar-refractivity contribution >= 4 is 5.97 Å². The van der Waals surface area contributed by atoms with Gasteiger partial charge in [-0.05, 0) is 55.3 Å². The monoisotopic (exact) mass is 385 g/mol. The fraction of sp³-hybridized carbons (Fsp3) is 0.833. The van der Waals surface area contributed by atoms with Gasteiger partial charge in [-0.25, -0.2) is 0 Å². The first-order valence-electron chi connectivity index (χ1n) is 11.3. The van der Waals surface area contributed by atoms with Crippen LogP contribution in [-0.2, 0) is 9.53 Å². The van der Waals surface area contributed by atoms with Crippen molar-refractivity contribution in [1.29, 1.82) is 5.26 Å². The van der Waals surface area contributed by atoms with Gasteiger partial charge >= 0.3 is 5.97 Å². The molecule has 0 aromatic heterocycles. The van der Waals surface area contributed by atoms with Gasteiger partial charge in [0.15, 0.2) is 0 Å². The van der Waals surface area contributed by atoms with Gasteiger partial charge in [0.1, 0.15) is 5.41 Å². The highest BCUT2D eigenvalue weighted by atomic mass is 16.5. The van der Waals surface area contributed by atoms with E-state index in [0.29, 0.717) is 31.5 Å². The molecule has 0 saturated heterocycles. The number of fused-ring (bicyclic) bond motifs is 2. The number of carboxylic acids is 1. The molecule has 0 aromatic rings. The Morgan fingerprint density at radius 1 is 1.39 bits per heavy atom. The van der Waals surface area contributed by atoms with Gasteiger partial charge in [0.2, 0.25) is 0 Å². The van der Waals surface area contributed by atoms with Gasteiger partial charge in [-0.3, -0.25) is 4.79 Å². The second-order valence-electron chi connectivity index (χ2n) is 10.3. The standard InChI is InChI=1S/C24H35NO3/c1-5-6-9-28-14-23-12-18-16(4)7-8-19(18)22(13-25)11-17(23)10-20(15(2)3)24(22,23)21(26)27/h10,15-19H,5-9,11-12,14H2,1-4H3,(H,26,27)/t16-,17+,18-,19-,22+,23+,24+/m0/s1. The lowest BCUT2D eigenvalue weighted by Crippen LogP contribution is -2.62. The second-order valence-corrected chi connectivity index (χ2v) is 10.3. The molecule has 0 spiro atoms. The van der Waals surface area contributed by atoms with Crippen LogP contribution in [0.4, 0.5) is 0 Å². The number of allylic oxidation sites excluding steroid dienone is 1. The van der Waals surface area contributed by atoms with Crippen molar-refractivity contribution in [2.75, 3.05) is 13.2 Å². The Morgan fingerprint density at radius 3 is 2.75 bits per heavy atom. The summed E-state index contributed by atoms with van der Waals surface area (Å²) in [4.78, 5) is 13.2. The number of nitriles is 1. The maximum Gasteiger partial charge on any atom is 0.316 e. The maximum absolute atomic E-state index is 13.2. The minimum Gasteiger partial charge on any atom is -0.481 e. The lowest BCUT2D eigenvalue weighted by Gasteiger charge is -2.57. The SMILES string of the molecule is CCCCOC[C@]12C[C@H]3[C@@H](C)CC[C@@H]3[C@]3(C#N)C[C@H]1C=C(C(C)C)[C@]23C(=O)O. The third-order valence-corrected chi connectivity index (χ3v) is 9.04. The van der Waals surface area contributed by atoms with Crippen molar-refractivity contribution in [1.82, 2.24) is 0 Å². The van der Waals surface area contributed by atoms with Crippen molar-refractivity contribution < 1.29 is 14.6 Å². The first kappa shape index (κ1) is 20.0. The van der Waals surface area contributed by atoms with Crippen LogP contribution in [0.3, 0.4) is 0 Å². The van der Waals surface area contributed by atoms with Gasteiger partial charge in [-0.2, -0.15) is 5.26 Å². The van der Waals surface area contributed by atoms with E-state index in [1.54, 1.807) is 0 Å². The van der Waals surface area contributed by atoms with E-state index < -0.39 is 22.2 Å². The Bertz CT molecular complexity index is 737. The van der Waals surface area contributed by atoms with Crippen LogP contribution in [0.2, 0.25) is 0 Å². The fourth-order valence-corrected chi connectivity index (χ4v) is 8.04. The molecule has 7 atom stereocenters. The molecule has 154 valence electrons. The molecule has 0 heterocycles. The van der Waals surface area contributed by atoms with E-state index in [-0.39, 0.29) is 17.8 Å². The van der Waals surface area contributed by atoms with E-state index in [4.69, 9.17) is 4.74 Å². The fourth-order valence-electron chi connectivity index (χ4n) is 8.04. The predicted molar refractivity (Wildman–Crippen MR) is 107 cm³/mol. The van der Waals surface area contributed by atoms with E-state index in [0.717, 1.165) is 37.7 Å². The van der Waals surface area contributed by atoms with Crippen molar-refractivity contribution in [3.05, 3.63) is 11.6 Å². The number of carboxylic acid groups (broad SMARTS) is 1. The second kappa shape index (κ2) is 6.59. The highest BCUT2D eigenvalue weighted by Gasteiger charge is 2.84. The molecule has 4 nitrogen and oxygen atoms in total. The van der Waals surface area contributed by atoms with Crippen molar-refractivity contribution in [2.45, 2.75) is 66.2 Å². The number of rotatable bonds is 7. The largest absolute Gasteiger partial charge is 0.481 e. The van der Waals surface area contributed by atoms with Gasteiger partial charge in [-0.1, -0.05) is 52.2 Å². The molecule has 0 amide bonds. The van der Waals surface area contributed by atoms with E-state index in [2.05, 4.69) is 39.8 Å². The van der Waals surface area contributed by atoms with Crippen LogP contribution in [0.5, 0.6) is 0 Å². The third kappa shape index (κ3) is 2.07. The average molecular weight is 386 g/mol. The first-order chi connectivity index (χ1) is 13.3. The predicted octanol–water partition coefficient (Wildman–Crippen LogP) is 5.05. The topological polar surface area (TPSA) is 70.3 Å².